The van der Waals surface area contributed by atoms with Crippen molar-refractivity contribution in [2.24, 2.45) is 0 Å². The van der Waals surface area contributed by atoms with Crippen LogP contribution in [-0.2, 0) is 20.3 Å². The first-order valence-electron chi connectivity index (χ1n) is 7.97. The van der Waals surface area contributed by atoms with E-state index in [0.717, 1.165) is 11.0 Å². The van der Waals surface area contributed by atoms with E-state index in [2.05, 4.69) is 15.1 Å². The second kappa shape index (κ2) is 6.50. The third-order valence-electron chi connectivity index (χ3n) is 3.98. The monoisotopic (exact) mass is 376 g/mol. The molecule has 4 rings (SSSR count). The number of morpholine rings is 1. The van der Waals surface area contributed by atoms with Gasteiger partial charge in [0.05, 0.1) is 18.9 Å². The molecule has 3 aromatic rings. The van der Waals surface area contributed by atoms with Crippen molar-refractivity contribution in [2.45, 2.75) is 10.9 Å². The van der Waals surface area contributed by atoms with Crippen molar-refractivity contribution in [3.8, 4) is 0 Å². The molecule has 10 nitrogen and oxygen atoms in total. The maximum Gasteiger partial charge on any atom is 0.346 e. The van der Waals surface area contributed by atoms with Crippen LogP contribution in [0.15, 0.2) is 42.1 Å². The quantitative estimate of drug-likeness (QED) is 0.642. The molecule has 26 heavy (non-hydrogen) atoms. The number of fused-ring (bicyclic) bond motifs is 1. The number of nitrogens with zero attached hydrogens (tertiary/aromatic N) is 6. The van der Waals surface area contributed by atoms with Gasteiger partial charge >= 0.3 is 6.03 Å². The summed E-state index contributed by atoms with van der Waals surface area (Å²) in [5, 5.41) is 3.47. The van der Waals surface area contributed by atoms with E-state index >= 15 is 0 Å². The topological polar surface area (TPSA) is 112 Å². The van der Waals surface area contributed by atoms with E-state index in [0.29, 0.717) is 37.6 Å². The van der Waals surface area contributed by atoms with Gasteiger partial charge in [-0.1, -0.05) is 6.07 Å². The van der Waals surface area contributed by atoms with Crippen LogP contribution < -0.4 is 0 Å². The number of hydrogen-bond donors (Lipinski definition) is 0. The molecule has 0 spiro atoms. The molecule has 0 bridgehead atoms. The fourth-order valence-corrected chi connectivity index (χ4v) is 3.78. The molecule has 0 aliphatic carbocycles. The van der Waals surface area contributed by atoms with Gasteiger partial charge in [0.25, 0.3) is 5.16 Å². The Morgan fingerprint density at radius 3 is 2.81 bits per heavy atom. The van der Waals surface area contributed by atoms with Crippen LogP contribution in [0.3, 0.4) is 0 Å². The van der Waals surface area contributed by atoms with E-state index in [1.165, 1.54) is 4.90 Å². The number of carbonyl (C=O) groups is 1. The van der Waals surface area contributed by atoms with E-state index in [1.54, 1.807) is 22.9 Å². The average molecular weight is 376 g/mol. The maximum absolute atomic E-state index is 12.6. The molecule has 136 valence electrons. The minimum Gasteiger partial charge on any atom is -0.378 e. The predicted molar refractivity (Wildman–Crippen MR) is 89.3 cm³/mol. The lowest BCUT2D eigenvalue weighted by Gasteiger charge is -2.25. The van der Waals surface area contributed by atoms with Crippen LogP contribution in [0, 0.1) is 0 Å². The van der Waals surface area contributed by atoms with Crippen molar-refractivity contribution in [3.63, 3.8) is 0 Å². The molecule has 1 aliphatic rings. The summed E-state index contributed by atoms with van der Waals surface area (Å²) in [6.07, 6.45) is 4.55. The zero-order valence-electron chi connectivity index (χ0n) is 13.7. The summed E-state index contributed by atoms with van der Waals surface area (Å²) < 4.78 is 33.0. The lowest BCUT2D eigenvalue weighted by atomic mass is 10.4. The van der Waals surface area contributed by atoms with Crippen molar-refractivity contribution >= 4 is 21.5 Å². The Labute approximate surface area is 148 Å². The Kier molecular flexibility index (Phi) is 4.17. The Hall–Kier alpha value is -2.79. The molecule has 11 heteroatoms. The second-order valence-electron chi connectivity index (χ2n) is 5.81. The van der Waals surface area contributed by atoms with Gasteiger partial charge in [0.15, 0.2) is 0 Å². The van der Waals surface area contributed by atoms with Crippen molar-refractivity contribution in [3.05, 3.63) is 42.6 Å². The minimum atomic E-state index is -3.82. The summed E-state index contributed by atoms with van der Waals surface area (Å²) >= 11 is 0. The molecule has 0 atom stereocenters. The summed E-state index contributed by atoms with van der Waals surface area (Å²) in [5.74, 6) is -0.343. The summed E-state index contributed by atoms with van der Waals surface area (Å²) in [6, 6.07) is 5.01. The summed E-state index contributed by atoms with van der Waals surface area (Å²) in [5.41, 5.74) is 1.03. The van der Waals surface area contributed by atoms with E-state index in [-0.39, 0.29) is 5.75 Å². The van der Waals surface area contributed by atoms with Gasteiger partial charge in [0.2, 0.25) is 9.84 Å². The van der Waals surface area contributed by atoms with E-state index in [1.807, 2.05) is 12.1 Å². The highest BCUT2D eigenvalue weighted by atomic mass is 32.2. The summed E-state index contributed by atoms with van der Waals surface area (Å²) in [7, 11) is -3.82. The number of carbonyl (C=O) groups excluding carboxylic acids is 1. The van der Waals surface area contributed by atoms with Crippen molar-refractivity contribution in [1.82, 2.24) is 29.0 Å². The predicted octanol–water partition coefficient (Wildman–Crippen LogP) is 0.200. The van der Waals surface area contributed by atoms with Crippen LogP contribution in [0.25, 0.3) is 5.65 Å². The highest BCUT2D eigenvalue weighted by Gasteiger charge is 2.25. The van der Waals surface area contributed by atoms with Gasteiger partial charge in [0, 0.05) is 25.5 Å². The van der Waals surface area contributed by atoms with Gasteiger partial charge in [-0.3, -0.25) is 0 Å². The number of rotatable bonds is 3. The van der Waals surface area contributed by atoms with E-state index in [9.17, 15) is 13.2 Å². The van der Waals surface area contributed by atoms with Crippen LogP contribution in [0.4, 0.5) is 4.79 Å². The molecule has 0 saturated carbocycles. The number of amides is 1. The van der Waals surface area contributed by atoms with Gasteiger partial charge in [-0.05, 0) is 12.1 Å². The maximum atomic E-state index is 12.6. The van der Waals surface area contributed by atoms with Gasteiger partial charge in [0.1, 0.15) is 17.7 Å². The fourth-order valence-electron chi connectivity index (χ4n) is 2.70. The zero-order valence-corrected chi connectivity index (χ0v) is 14.5. The molecular formula is C15H16N6O4S. The van der Waals surface area contributed by atoms with Crippen molar-refractivity contribution < 1.29 is 17.9 Å². The first-order chi connectivity index (χ1) is 12.5. The molecule has 0 radical (unpaired) electrons. The largest absolute Gasteiger partial charge is 0.378 e. The van der Waals surface area contributed by atoms with E-state index in [4.69, 9.17) is 4.74 Å². The van der Waals surface area contributed by atoms with Crippen molar-refractivity contribution in [1.29, 1.82) is 0 Å². The molecule has 1 saturated heterocycles. The molecule has 4 heterocycles. The number of hydrogen-bond acceptors (Lipinski definition) is 7. The average Bonchev–Trinajstić information content (AvgIpc) is 3.28. The zero-order chi connectivity index (χ0) is 18.1. The number of sulfone groups is 1. The molecule has 3 aromatic heterocycles. The van der Waals surface area contributed by atoms with Gasteiger partial charge in [-0.25, -0.2) is 23.2 Å². The highest BCUT2D eigenvalue weighted by molar-refractivity contribution is 7.90. The SMILES string of the molecule is O=C(N1CCOCC1)n1cnc(S(=O)(=O)Cc2cn3ccccc3n2)n1. The van der Waals surface area contributed by atoms with Crippen LogP contribution in [0.1, 0.15) is 5.69 Å². The molecule has 1 amide bonds. The van der Waals surface area contributed by atoms with Gasteiger partial charge < -0.3 is 14.0 Å². The van der Waals surface area contributed by atoms with Crippen LogP contribution in [0.2, 0.25) is 0 Å². The smallest absolute Gasteiger partial charge is 0.346 e. The Morgan fingerprint density at radius 2 is 2.04 bits per heavy atom. The van der Waals surface area contributed by atoms with Crippen LogP contribution >= 0.6 is 0 Å². The second-order valence-corrected chi connectivity index (χ2v) is 7.69. The highest BCUT2D eigenvalue weighted by Crippen LogP contribution is 2.13. The minimum absolute atomic E-state index is 0.343. The number of pyridine rings is 1. The molecular weight excluding hydrogens is 360 g/mol. The Balaban J connectivity index is 1.54. The first-order valence-corrected chi connectivity index (χ1v) is 9.62. The first kappa shape index (κ1) is 16.7. The van der Waals surface area contributed by atoms with Crippen molar-refractivity contribution in [2.75, 3.05) is 26.3 Å². The molecule has 0 unspecified atom stereocenters. The third-order valence-corrected chi connectivity index (χ3v) is 5.40. The van der Waals surface area contributed by atoms with E-state index < -0.39 is 21.0 Å². The number of aromatic nitrogens is 5. The normalized spacial score (nSPS) is 15.5. The fraction of sp³-hybridized carbons (Fsp3) is 0.333. The lowest BCUT2D eigenvalue weighted by Crippen LogP contribution is -2.43. The Morgan fingerprint density at radius 1 is 1.23 bits per heavy atom. The number of ether oxygens (including phenoxy) is 1. The third kappa shape index (κ3) is 3.18. The molecule has 0 N–H and O–H groups in total. The Bertz CT molecular complexity index is 1020. The number of imidazole rings is 1. The van der Waals surface area contributed by atoms with Gasteiger partial charge in [-0.2, -0.15) is 4.68 Å². The molecule has 1 aliphatic heterocycles. The lowest BCUT2D eigenvalue weighted by molar-refractivity contribution is 0.0528. The standard InChI is InChI=1S/C15H16N6O4S/c22-15(19-5-7-25-8-6-19)21-11-16-14(18-21)26(23,24)10-12-9-20-4-2-1-3-13(20)17-12/h1-4,9,11H,5-8,10H2. The summed E-state index contributed by atoms with van der Waals surface area (Å²) in [4.78, 5) is 22.0. The summed E-state index contributed by atoms with van der Waals surface area (Å²) in [6.45, 7) is 1.75. The molecule has 0 aromatic carbocycles. The van der Waals surface area contributed by atoms with Gasteiger partial charge in [-0.15, -0.1) is 5.10 Å². The van der Waals surface area contributed by atoms with Crippen LogP contribution in [-0.4, -0.2) is 69.8 Å². The van der Waals surface area contributed by atoms with Crippen LogP contribution in [0.5, 0.6) is 0 Å². The molecule has 1 fully saturated rings.